The Morgan fingerprint density at radius 3 is 2.59 bits per heavy atom. The van der Waals surface area contributed by atoms with Crippen LogP contribution in [0.4, 0.5) is 0 Å². The molecule has 2 aliphatic rings. The quantitative estimate of drug-likeness (QED) is 0.700. The number of carbonyl (C=O) groups is 1. The van der Waals surface area contributed by atoms with E-state index in [0.29, 0.717) is 12.5 Å². The van der Waals surface area contributed by atoms with Crippen LogP contribution in [0, 0.1) is 5.92 Å². The number of fused-ring (bicyclic) bond motifs is 2. The Labute approximate surface area is 103 Å². The van der Waals surface area contributed by atoms with Gasteiger partial charge in [-0.2, -0.15) is 0 Å². The van der Waals surface area contributed by atoms with Crippen molar-refractivity contribution in [1.29, 1.82) is 0 Å². The van der Waals surface area contributed by atoms with Gasteiger partial charge >= 0.3 is 5.97 Å². The van der Waals surface area contributed by atoms with Gasteiger partial charge in [-0.25, -0.2) is 0 Å². The molecule has 0 aromatic rings. The Bertz CT molecular complexity index is 310. The summed E-state index contributed by atoms with van der Waals surface area (Å²) in [5, 5.41) is 10.1. The lowest BCUT2D eigenvalue weighted by molar-refractivity contribution is -0.170. The normalized spacial score (nSPS) is 38.2. The maximum Gasteiger partial charge on any atom is 0.313 e. The average molecular weight is 241 g/mol. The molecule has 2 saturated heterocycles. The number of aliphatic hydroxyl groups excluding tert-OH is 1. The molecule has 17 heavy (non-hydrogen) atoms. The molecule has 2 rings (SSSR count). The van der Waals surface area contributed by atoms with Gasteiger partial charge in [0, 0.05) is 12.1 Å². The van der Waals surface area contributed by atoms with Crippen molar-refractivity contribution in [3.63, 3.8) is 0 Å². The number of esters is 1. The number of nitrogens with zero attached hydrogens (tertiary/aromatic N) is 1. The molecule has 4 heteroatoms. The van der Waals surface area contributed by atoms with Gasteiger partial charge in [0.25, 0.3) is 0 Å². The molecule has 2 aliphatic heterocycles. The molecule has 2 fully saturated rings. The van der Waals surface area contributed by atoms with E-state index < -0.39 is 11.7 Å². The highest BCUT2D eigenvalue weighted by molar-refractivity contribution is 5.74. The molecular formula is C13H23NO3. The summed E-state index contributed by atoms with van der Waals surface area (Å²) in [6, 6.07) is 0.590. The average Bonchev–Trinajstić information content (AvgIpc) is 2.43. The van der Waals surface area contributed by atoms with Gasteiger partial charge in [0.15, 0.2) is 0 Å². The Morgan fingerprint density at radius 1 is 1.35 bits per heavy atom. The van der Waals surface area contributed by atoms with Crippen molar-refractivity contribution in [1.82, 2.24) is 4.90 Å². The minimum Gasteiger partial charge on any atom is -0.460 e. The first-order chi connectivity index (χ1) is 7.79. The molecule has 0 saturated carbocycles. The number of piperidine rings is 1. The number of carbonyl (C=O) groups excluding carboxylic acids is 1. The summed E-state index contributed by atoms with van der Waals surface area (Å²) in [7, 11) is 2.05. The summed E-state index contributed by atoms with van der Waals surface area (Å²) < 4.78 is 5.42. The second kappa shape index (κ2) is 4.25. The summed E-state index contributed by atoms with van der Waals surface area (Å²) >= 11 is 0. The lowest BCUT2D eigenvalue weighted by Gasteiger charge is -2.40. The van der Waals surface area contributed by atoms with Crippen molar-refractivity contribution >= 4 is 5.97 Å². The third-order valence-corrected chi connectivity index (χ3v) is 3.92. The second-order valence-electron chi connectivity index (χ2n) is 6.33. The number of rotatable bonds is 1. The number of hydrogen-bond acceptors (Lipinski definition) is 4. The van der Waals surface area contributed by atoms with Crippen LogP contribution in [-0.2, 0) is 9.53 Å². The van der Waals surface area contributed by atoms with E-state index in [1.54, 1.807) is 0 Å². The molecule has 0 aliphatic carbocycles. The fourth-order valence-corrected chi connectivity index (χ4v) is 3.12. The Balaban J connectivity index is 2.11. The molecular weight excluding hydrogens is 218 g/mol. The largest absolute Gasteiger partial charge is 0.460 e. The van der Waals surface area contributed by atoms with E-state index in [4.69, 9.17) is 4.74 Å². The van der Waals surface area contributed by atoms with Crippen LogP contribution >= 0.6 is 0 Å². The molecule has 0 amide bonds. The Hall–Kier alpha value is -0.610. The van der Waals surface area contributed by atoms with Gasteiger partial charge in [0.1, 0.15) is 5.60 Å². The third kappa shape index (κ3) is 2.47. The molecule has 2 heterocycles. The van der Waals surface area contributed by atoms with E-state index in [2.05, 4.69) is 4.90 Å². The van der Waals surface area contributed by atoms with Crippen LogP contribution in [0.25, 0.3) is 0 Å². The van der Waals surface area contributed by atoms with Gasteiger partial charge in [-0.15, -0.1) is 0 Å². The van der Waals surface area contributed by atoms with Gasteiger partial charge in [-0.05, 0) is 47.1 Å². The van der Waals surface area contributed by atoms with Gasteiger partial charge in [-0.1, -0.05) is 0 Å². The molecule has 98 valence electrons. The van der Waals surface area contributed by atoms with Crippen molar-refractivity contribution in [2.75, 3.05) is 7.05 Å². The minimum absolute atomic E-state index is 0.151. The molecule has 2 bridgehead atoms. The van der Waals surface area contributed by atoms with E-state index in [1.807, 2.05) is 27.8 Å². The molecule has 0 spiro atoms. The predicted molar refractivity (Wildman–Crippen MR) is 64.5 cm³/mol. The van der Waals surface area contributed by atoms with Crippen LogP contribution in [0.2, 0.25) is 0 Å². The van der Waals surface area contributed by atoms with E-state index in [0.717, 1.165) is 12.8 Å². The number of ether oxygens (including phenoxy) is 1. The first-order valence-electron chi connectivity index (χ1n) is 6.42. The standard InChI is InChI=1S/C13H23NO3/c1-13(2,3)17-12(16)11-9-6-5-8(14(9)4)7-10(11)15/h8-11,15H,5-7H2,1-4H3/t8?,9?,10-,11-/m0/s1. The lowest BCUT2D eigenvalue weighted by atomic mass is 9.87. The van der Waals surface area contributed by atoms with Crippen LogP contribution in [0.3, 0.4) is 0 Å². The number of aliphatic hydroxyl groups is 1. The fourth-order valence-electron chi connectivity index (χ4n) is 3.12. The fraction of sp³-hybridized carbons (Fsp3) is 0.923. The smallest absolute Gasteiger partial charge is 0.313 e. The SMILES string of the molecule is CN1C2CCC1[C@H](C(=O)OC(C)(C)C)[C@@H](O)C2. The van der Waals surface area contributed by atoms with Crippen molar-refractivity contribution in [3.05, 3.63) is 0 Å². The van der Waals surface area contributed by atoms with E-state index in [9.17, 15) is 9.90 Å². The molecule has 2 unspecified atom stereocenters. The molecule has 0 radical (unpaired) electrons. The molecule has 0 aromatic carbocycles. The summed E-state index contributed by atoms with van der Waals surface area (Å²) in [6.07, 6.45) is 2.22. The van der Waals surface area contributed by atoms with Crippen LogP contribution in [0.5, 0.6) is 0 Å². The van der Waals surface area contributed by atoms with Crippen LogP contribution in [0.1, 0.15) is 40.0 Å². The highest BCUT2D eigenvalue weighted by Gasteiger charge is 2.49. The zero-order valence-corrected chi connectivity index (χ0v) is 11.1. The van der Waals surface area contributed by atoms with Crippen molar-refractivity contribution < 1.29 is 14.6 Å². The molecule has 0 aromatic heterocycles. The van der Waals surface area contributed by atoms with Crippen LogP contribution < -0.4 is 0 Å². The third-order valence-electron chi connectivity index (χ3n) is 3.92. The predicted octanol–water partition coefficient (Wildman–Crippen LogP) is 1.17. The van der Waals surface area contributed by atoms with Crippen molar-refractivity contribution in [3.8, 4) is 0 Å². The summed E-state index contributed by atoms with van der Waals surface area (Å²) in [5.74, 6) is -0.625. The zero-order valence-electron chi connectivity index (χ0n) is 11.1. The van der Waals surface area contributed by atoms with Gasteiger partial charge in [0.05, 0.1) is 12.0 Å². The summed E-state index contributed by atoms with van der Waals surface area (Å²) in [5.41, 5.74) is -0.481. The highest BCUT2D eigenvalue weighted by atomic mass is 16.6. The topological polar surface area (TPSA) is 49.8 Å². The van der Waals surface area contributed by atoms with E-state index >= 15 is 0 Å². The lowest BCUT2D eigenvalue weighted by Crippen LogP contribution is -2.53. The van der Waals surface area contributed by atoms with Gasteiger partial charge < -0.3 is 9.84 Å². The van der Waals surface area contributed by atoms with Gasteiger partial charge in [0.2, 0.25) is 0 Å². The van der Waals surface area contributed by atoms with Gasteiger partial charge in [-0.3, -0.25) is 9.69 Å². The first kappa shape index (κ1) is 12.8. The van der Waals surface area contributed by atoms with Crippen LogP contribution in [0.15, 0.2) is 0 Å². The molecule has 4 atom stereocenters. The summed E-state index contributed by atoms with van der Waals surface area (Å²) in [6.45, 7) is 5.59. The Morgan fingerprint density at radius 2 is 2.00 bits per heavy atom. The van der Waals surface area contributed by atoms with Crippen molar-refractivity contribution in [2.24, 2.45) is 5.92 Å². The molecule has 4 nitrogen and oxygen atoms in total. The highest BCUT2D eigenvalue weighted by Crippen LogP contribution is 2.39. The van der Waals surface area contributed by atoms with E-state index in [1.165, 1.54) is 0 Å². The van der Waals surface area contributed by atoms with Crippen molar-refractivity contribution in [2.45, 2.75) is 63.8 Å². The maximum absolute atomic E-state index is 12.1. The monoisotopic (exact) mass is 241 g/mol. The van der Waals surface area contributed by atoms with E-state index in [-0.39, 0.29) is 17.9 Å². The number of hydrogen-bond donors (Lipinski definition) is 1. The Kier molecular flexibility index (Phi) is 3.21. The summed E-state index contributed by atoms with van der Waals surface area (Å²) in [4.78, 5) is 14.4. The first-order valence-corrected chi connectivity index (χ1v) is 6.42. The minimum atomic E-state index is -0.543. The zero-order chi connectivity index (χ0) is 12.8. The maximum atomic E-state index is 12.1. The van der Waals surface area contributed by atoms with Crippen LogP contribution in [-0.4, -0.2) is 46.8 Å². The second-order valence-corrected chi connectivity index (χ2v) is 6.33. The molecule has 1 N–H and O–H groups in total.